The molecule has 1 atom stereocenters. The average Bonchev–Trinajstić information content (AvgIpc) is 2.91. The fourth-order valence-corrected chi connectivity index (χ4v) is 3.17. The first-order valence-electron chi connectivity index (χ1n) is 8.50. The number of pyridine rings is 1. The lowest BCUT2D eigenvalue weighted by Gasteiger charge is -2.14. The number of aromatic nitrogens is 3. The number of hydrogen-bond donors (Lipinski definition) is 3. The van der Waals surface area contributed by atoms with E-state index in [1.165, 1.54) is 0 Å². The molecule has 0 aliphatic rings. The molecular formula is C19H23N5O2. The van der Waals surface area contributed by atoms with Crippen molar-refractivity contribution in [3.63, 3.8) is 0 Å². The number of H-pyrrole nitrogens is 1. The molecule has 0 aliphatic carbocycles. The van der Waals surface area contributed by atoms with Crippen molar-refractivity contribution >= 4 is 16.9 Å². The van der Waals surface area contributed by atoms with Gasteiger partial charge in [-0.15, -0.1) is 0 Å². The Balaban J connectivity index is 1.75. The van der Waals surface area contributed by atoms with E-state index in [4.69, 9.17) is 5.73 Å². The molecule has 3 rings (SSSR count). The molecule has 1 aromatic carbocycles. The quantitative estimate of drug-likeness (QED) is 0.641. The van der Waals surface area contributed by atoms with Crippen molar-refractivity contribution in [3.8, 4) is 0 Å². The van der Waals surface area contributed by atoms with Gasteiger partial charge in [0.15, 0.2) is 5.65 Å². The minimum Gasteiger partial charge on any atom is -0.354 e. The molecule has 136 valence electrons. The largest absolute Gasteiger partial charge is 0.354 e. The Morgan fingerprint density at radius 2 is 2.00 bits per heavy atom. The highest BCUT2D eigenvalue weighted by molar-refractivity contribution is 5.84. The predicted octanol–water partition coefficient (Wildman–Crippen LogP) is 1.24. The van der Waals surface area contributed by atoms with Gasteiger partial charge in [-0.05, 0) is 30.5 Å². The third-order valence-corrected chi connectivity index (χ3v) is 4.66. The zero-order chi connectivity index (χ0) is 18.8. The van der Waals surface area contributed by atoms with Crippen LogP contribution in [0.1, 0.15) is 28.4 Å². The summed E-state index contributed by atoms with van der Waals surface area (Å²) in [6, 6.07) is 9.37. The summed E-state index contributed by atoms with van der Waals surface area (Å²) in [6.45, 7) is 4.05. The highest BCUT2D eigenvalue weighted by Gasteiger charge is 2.17. The van der Waals surface area contributed by atoms with E-state index in [0.29, 0.717) is 17.6 Å². The van der Waals surface area contributed by atoms with E-state index in [1.54, 1.807) is 11.7 Å². The smallest absolute Gasteiger partial charge is 0.273 e. The second-order valence-electron chi connectivity index (χ2n) is 6.50. The van der Waals surface area contributed by atoms with Crippen LogP contribution in [0, 0.1) is 13.8 Å². The van der Waals surface area contributed by atoms with Gasteiger partial charge in [0.25, 0.3) is 5.56 Å². The maximum atomic E-state index is 12.4. The number of carbonyl (C=O) groups is 1. The highest BCUT2D eigenvalue weighted by Crippen LogP contribution is 2.20. The molecule has 1 unspecified atom stereocenters. The molecule has 2 aromatic heterocycles. The van der Waals surface area contributed by atoms with Crippen LogP contribution in [0.15, 0.2) is 35.1 Å². The molecule has 0 radical (unpaired) electrons. The number of aryl methyl sites for hydroxylation is 3. The third kappa shape index (κ3) is 3.39. The number of benzene rings is 1. The SMILES string of the molecule is Cc1nc2c(c(C)c1CC(=O)NCC(N)c1ccccc1)c(=O)[nH]n2C. The molecular weight excluding hydrogens is 330 g/mol. The summed E-state index contributed by atoms with van der Waals surface area (Å²) in [7, 11) is 1.74. The van der Waals surface area contributed by atoms with E-state index < -0.39 is 0 Å². The molecule has 0 aliphatic heterocycles. The van der Waals surface area contributed by atoms with Crippen LogP contribution >= 0.6 is 0 Å². The van der Waals surface area contributed by atoms with Gasteiger partial charge in [0.1, 0.15) is 0 Å². The van der Waals surface area contributed by atoms with Gasteiger partial charge < -0.3 is 11.1 Å². The molecule has 0 saturated heterocycles. The summed E-state index contributed by atoms with van der Waals surface area (Å²) in [5.41, 5.74) is 9.80. The minimum absolute atomic E-state index is 0.143. The van der Waals surface area contributed by atoms with Crippen molar-refractivity contribution in [3.05, 3.63) is 63.1 Å². The summed E-state index contributed by atoms with van der Waals surface area (Å²) < 4.78 is 1.60. The molecule has 0 saturated carbocycles. The number of rotatable bonds is 5. The van der Waals surface area contributed by atoms with E-state index in [9.17, 15) is 9.59 Å². The number of nitrogens with one attached hydrogen (secondary N) is 2. The fraction of sp³-hybridized carbons (Fsp3) is 0.316. The van der Waals surface area contributed by atoms with Crippen LogP contribution < -0.4 is 16.6 Å². The topological polar surface area (TPSA) is 106 Å². The van der Waals surface area contributed by atoms with Gasteiger partial charge in [-0.2, -0.15) is 0 Å². The number of nitrogens with two attached hydrogens (primary N) is 1. The maximum Gasteiger partial charge on any atom is 0.273 e. The van der Waals surface area contributed by atoms with Gasteiger partial charge in [-0.1, -0.05) is 30.3 Å². The third-order valence-electron chi connectivity index (χ3n) is 4.66. The van der Waals surface area contributed by atoms with Crippen molar-refractivity contribution in [2.75, 3.05) is 6.54 Å². The Hall–Kier alpha value is -2.93. The Labute approximate surface area is 151 Å². The van der Waals surface area contributed by atoms with Gasteiger partial charge in [0.05, 0.1) is 11.8 Å². The normalized spacial score (nSPS) is 12.3. The van der Waals surface area contributed by atoms with Crippen LogP contribution in [0.5, 0.6) is 0 Å². The molecule has 0 bridgehead atoms. The fourth-order valence-electron chi connectivity index (χ4n) is 3.17. The maximum absolute atomic E-state index is 12.4. The van der Waals surface area contributed by atoms with Gasteiger partial charge in [0.2, 0.25) is 5.91 Å². The van der Waals surface area contributed by atoms with Crippen molar-refractivity contribution in [1.82, 2.24) is 20.1 Å². The van der Waals surface area contributed by atoms with Gasteiger partial charge >= 0.3 is 0 Å². The Bertz CT molecular complexity index is 1000. The lowest BCUT2D eigenvalue weighted by atomic mass is 10.0. The highest BCUT2D eigenvalue weighted by atomic mass is 16.1. The second kappa shape index (κ2) is 7.13. The summed E-state index contributed by atoms with van der Waals surface area (Å²) in [6.07, 6.45) is 0.163. The monoisotopic (exact) mass is 353 g/mol. The van der Waals surface area contributed by atoms with Gasteiger partial charge in [0, 0.05) is 25.3 Å². The molecule has 1 amide bonds. The van der Waals surface area contributed by atoms with Crippen LogP contribution in [-0.4, -0.2) is 27.2 Å². The lowest BCUT2D eigenvalue weighted by molar-refractivity contribution is -0.120. The minimum atomic E-state index is -0.264. The first-order valence-corrected chi connectivity index (χ1v) is 8.50. The molecule has 4 N–H and O–H groups in total. The van der Waals surface area contributed by atoms with Crippen LogP contribution in [0.25, 0.3) is 11.0 Å². The zero-order valence-corrected chi connectivity index (χ0v) is 15.2. The summed E-state index contributed by atoms with van der Waals surface area (Å²) in [4.78, 5) is 29.0. The molecule has 0 spiro atoms. The zero-order valence-electron chi connectivity index (χ0n) is 15.2. The number of carbonyl (C=O) groups excluding carboxylic acids is 1. The summed E-state index contributed by atoms with van der Waals surface area (Å²) >= 11 is 0. The van der Waals surface area contributed by atoms with E-state index in [2.05, 4.69) is 15.4 Å². The molecule has 26 heavy (non-hydrogen) atoms. The van der Waals surface area contributed by atoms with E-state index in [1.807, 2.05) is 44.2 Å². The van der Waals surface area contributed by atoms with Crippen molar-refractivity contribution < 1.29 is 4.79 Å². The van der Waals surface area contributed by atoms with Crippen molar-refractivity contribution in [1.29, 1.82) is 0 Å². The van der Waals surface area contributed by atoms with E-state index >= 15 is 0 Å². The Morgan fingerprint density at radius 1 is 1.31 bits per heavy atom. The number of hydrogen-bond acceptors (Lipinski definition) is 4. The number of amides is 1. The van der Waals surface area contributed by atoms with Gasteiger partial charge in [-0.25, -0.2) is 4.98 Å². The predicted molar refractivity (Wildman–Crippen MR) is 101 cm³/mol. The van der Waals surface area contributed by atoms with Crippen LogP contribution in [0.2, 0.25) is 0 Å². The Morgan fingerprint density at radius 3 is 2.69 bits per heavy atom. The van der Waals surface area contributed by atoms with E-state index in [-0.39, 0.29) is 23.9 Å². The molecule has 2 heterocycles. The molecule has 3 aromatic rings. The van der Waals surface area contributed by atoms with Crippen LogP contribution in [-0.2, 0) is 18.3 Å². The molecule has 0 fully saturated rings. The lowest BCUT2D eigenvalue weighted by Crippen LogP contribution is -2.33. The van der Waals surface area contributed by atoms with E-state index in [0.717, 1.165) is 22.4 Å². The van der Waals surface area contributed by atoms with Crippen molar-refractivity contribution in [2.45, 2.75) is 26.3 Å². The number of nitrogens with zero attached hydrogens (tertiary/aromatic N) is 2. The van der Waals surface area contributed by atoms with Crippen LogP contribution in [0.3, 0.4) is 0 Å². The standard InChI is InChI=1S/C19H23N5O2/c1-11-14(12(2)22-18-17(11)19(26)23-24(18)3)9-16(25)21-10-15(20)13-7-5-4-6-8-13/h4-8,15H,9-10,20H2,1-3H3,(H,21,25)(H,23,26). The first kappa shape index (κ1) is 17.9. The average molecular weight is 353 g/mol. The first-order chi connectivity index (χ1) is 12.4. The number of fused-ring (bicyclic) bond motifs is 1. The molecule has 7 nitrogen and oxygen atoms in total. The molecule has 7 heteroatoms. The van der Waals surface area contributed by atoms with Crippen LogP contribution in [0.4, 0.5) is 0 Å². The number of aromatic amines is 1. The summed E-state index contributed by atoms with van der Waals surface area (Å²) in [5.74, 6) is -0.143. The second-order valence-corrected chi connectivity index (χ2v) is 6.50. The van der Waals surface area contributed by atoms with Crippen molar-refractivity contribution in [2.24, 2.45) is 12.8 Å². The summed E-state index contributed by atoms with van der Waals surface area (Å²) in [5, 5.41) is 6.10. The van der Waals surface area contributed by atoms with Gasteiger partial charge in [-0.3, -0.25) is 19.4 Å². The Kier molecular flexibility index (Phi) is 4.90.